The first kappa shape index (κ1) is 10.7. The topological polar surface area (TPSA) is 38.9 Å². The van der Waals surface area contributed by atoms with Gasteiger partial charge in [-0.1, -0.05) is 32.0 Å². The van der Waals surface area contributed by atoms with Gasteiger partial charge in [-0.25, -0.2) is 0 Å². The molecule has 0 saturated carbocycles. The van der Waals surface area contributed by atoms with E-state index in [4.69, 9.17) is 5.73 Å². The van der Waals surface area contributed by atoms with Crippen LogP contribution in [0, 0.1) is 0 Å². The van der Waals surface area contributed by atoms with Crippen LogP contribution < -0.4 is 5.73 Å². The number of fused-ring (bicyclic) bond motifs is 1. The van der Waals surface area contributed by atoms with Gasteiger partial charge >= 0.3 is 0 Å². The quantitative estimate of drug-likeness (QED) is 0.747. The van der Waals surface area contributed by atoms with Crippen LogP contribution in [0.4, 0.5) is 0 Å². The smallest absolute Gasteiger partial charge is 0.0349 e. The zero-order valence-corrected chi connectivity index (χ0v) is 8.70. The first-order valence-electron chi connectivity index (χ1n) is 4.93. The fraction of sp³-hybridized carbons (Fsp3) is 0.250. The monoisotopic (exact) mass is 188 g/mol. The Morgan fingerprint density at radius 3 is 2.71 bits per heavy atom. The van der Waals surface area contributed by atoms with Crippen molar-refractivity contribution in [2.45, 2.75) is 20.4 Å². The summed E-state index contributed by atoms with van der Waals surface area (Å²) < 4.78 is 0. The normalized spacial score (nSPS) is 9.36. The number of pyridine rings is 1. The van der Waals surface area contributed by atoms with Gasteiger partial charge in [0, 0.05) is 24.3 Å². The summed E-state index contributed by atoms with van der Waals surface area (Å²) in [5, 5.41) is 2.36. The lowest BCUT2D eigenvalue weighted by atomic mass is 10.1. The molecule has 0 saturated heterocycles. The minimum Gasteiger partial charge on any atom is -0.326 e. The number of rotatable bonds is 1. The van der Waals surface area contributed by atoms with E-state index in [1.54, 1.807) is 6.20 Å². The second-order valence-electron chi connectivity index (χ2n) is 2.72. The van der Waals surface area contributed by atoms with Crippen molar-refractivity contribution >= 4 is 10.8 Å². The maximum atomic E-state index is 5.59. The Morgan fingerprint density at radius 2 is 2.00 bits per heavy atom. The highest BCUT2D eigenvalue weighted by molar-refractivity contribution is 5.84. The first-order valence-corrected chi connectivity index (χ1v) is 4.93. The van der Waals surface area contributed by atoms with Crippen molar-refractivity contribution in [3.63, 3.8) is 0 Å². The lowest BCUT2D eigenvalue weighted by molar-refractivity contribution is 1.08. The van der Waals surface area contributed by atoms with Gasteiger partial charge in [0.15, 0.2) is 0 Å². The van der Waals surface area contributed by atoms with Crippen molar-refractivity contribution in [2.24, 2.45) is 5.73 Å². The molecule has 0 bridgehead atoms. The maximum Gasteiger partial charge on any atom is 0.0349 e. The van der Waals surface area contributed by atoms with Crippen molar-refractivity contribution in [3.05, 3.63) is 42.2 Å². The Balaban J connectivity index is 0.000000461. The lowest BCUT2D eigenvalue weighted by Gasteiger charge is -2.01. The summed E-state index contributed by atoms with van der Waals surface area (Å²) in [6.07, 6.45) is 3.65. The van der Waals surface area contributed by atoms with Gasteiger partial charge in [-0.2, -0.15) is 0 Å². The van der Waals surface area contributed by atoms with Crippen LogP contribution in [-0.2, 0) is 6.54 Å². The highest BCUT2D eigenvalue weighted by atomic mass is 14.6. The molecule has 0 fully saturated rings. The highest BCUT2D eigenvalue weighted by Gasteiger charge is 1.96. The van der Waals surface area contributed by atoms with Crippen molar-refractivity contribution in [1.29, 1.82) is 0 Å². The van der Waals surface area contributed by atoms with Gasteiger partial charge in [0.25, 0.3) is 0 Å². The van der Waals surface area contributed by atoms with Crippen LogP contribution >= 0.6 is 0 Å². The average molecular weight is 188 g/mol. The van der Waals surface area contributed by atoms with Gasteiger partial charge < -0.3 is 5.73 Å². The number of hydrogen-bond acceptors (Lipinski definition) is 2. The van der Waals surface area contributed by atoms with E-state index >= 15 is 0 Å². The molecule has 0 radical (unpaired) electrons. The van der Waals surface area contributed by atoms with Crippen LogP contribution in [0.25, 0.3) is 10.8 Å². The molecular formula is C12H16N2. The van der Waals surface area contributed by atoms with Crippen LogP contribution in [0.2, 0.25) is 0 Å². The summed E-state index contributed by atoms with van der Waals surface area (Å²) in [5.74, 6) is 0. The standard InChI is InChI=1S/C10H10N2.C2H6/c11-6-9-3-1-2-8-4-5-12-7-10(8)9;1-2/h1-5,7H,6,11H2;1-2H3. The summed E-state index contributed by atoms with van der Waals surface area (Å²) >= 11 is 0. The molecule has 0 aliphatic heterocycles. The zero-order valence-electron chi connectivity index (χ0n) is 8.70. The third-order valence-corrected chi connectivity index (χ3v) is 1.99. The van der Waals surface area contributed by atoms with Crippen molar-refractivity contribution in [3.8, 4) is 0 Å². The Morgan fingerprint density at radius 1 is 1.21 bits per heavy atom. The molecule has 0 amide bonds. The second kappa shape index (κ2) is 5.35. The van der Waals surface area contributed by atoms with Gasteiger partial charge in [-0.3, -0.25) is 4.98 Å². The molecule has 2 heteroatoms. The number of aromatic nitrogens is 1. The maximum absolute atomic E-state index is 5.59. The lowest BCUT2D eigenvalue weighted by Crippen LogP contribution is -1.96. The SMILES string of the molecule is CC.NCc1cccc2ccncc12. The molecule has 2 nitrogen and oxygen atoms in total. The molecule has 0 aliphatic carbocycles. The summed E-state index contributed by atoms with van der Waals surface area (Å²) in [6, 6.07) is 8.11. The molecule has 1 heterocycles. The highest BCUT2D eigenvalue weighted by Crippen LogP contribution is 2.16. The van der Waals surface area contributed by atoms with E-state index in [1.807, 2.05) is 38.2 Å². The third kappa shape index (κ3) is 2.09. The molecule has 0 atom stereocenters. The number of nitrogens with two attached hydrogens (primary N) is 1. The van der Waals surface area contributed by atoms with E-state index in [1.165, 1.54) is 5.39 Å². The summed E-state index contributed by atoms with van der Waals surface area (Å²) in [7, 11) is 0. The van der Waals surface area contributed by atoms with E-state index in [0.29, 0.717) is 6.54 Å². The molecule has 1 aromatic heterocycles. The molecule has 1 aromatic carbocycles. The Hall–Kier alpha value is -1.41. The molecular weight excluding hydrogens is 172 g/mol. The summed E-state index contributed by atoms with van der Waals surface area (Å²) in [4.78, 5) is 4.07. The first-order chi connectivity index (χ1) is 6.92. The molecule has 74 valence electrons. The van der Waals surface area contributed by atoms with Crippen LogP contribution in [-0.4, -0.2) is 4.98 Å². The summed E-state index contributed by atoms with van der Waals surface area (Å²) in [5.41, 5.74) is 6.74. The average Bonchev–Trinajstić information content (AvgIpc) is 2.31. The van der Waals surface area contributed by atoms with Crippen LogP contribution in [0.15, 0.2) is 36.7 Å². The second-order valence-corrected chi connectivity index (χ2v) is 2.72. The van der Waals surface area contributed by atoms with E-state index < -0.39 is 0 Å². The van der Waals surface area contributed by atoms with Crippen molar-refractivity contribution in [2.75, 3.05) is 0 Å². The molecule has 0 aliphatic rings. The van der Waals surface area contributed by atoms with Gasteiger partial charge in [0.2, 0.25) is 0 Å². The van der Waals surface area contributed by atoms with Crippen molar-refractivity contribution in [1.82, 2.24) is 4.98 Å². The van der Waals surface area contributed by atoms with E-state index in [0.717, 1.165) is 10.9 Å². The van der Waals surface area contributed by atoms with Crippen molar-refractivity contribution < 1.29 is 0 Å². The summed E-state index contributed by atoms with van der Waals surface area (Å²) in [6.45, 7) is 4.57. The van der Waals surface area contributed by atoms with Gasteiger partial charge in [-0.15, -0.1) is 0 Å². The third-order valence-electron chi connectivity index (χ3n) is 1.99. The minimum absolute atomic E-state index is 0.572. The Bertz CT molecular complexity index is 391. The minimum atomic E-state index is 0.572. The number of benzene rings is 1. The Labute approximate surface area is 84.8 Å². The van der Waals surface area contributed by atoms with Gasteiger partial charge in [-0.05, 0) is 17.0 Å². The molecule has 2 N–H and O–H groups in total. The van der Waals surface area contributed by atoms with Crippen LogP contribution in [0.3, 0.4) is 0 Å². The van der Waals surface area contributed by atoms with Gasteiger partial charge in [0.05, 0.1) is 0 Å². The molecule has 2 aromatic rings. The van der Waals surface area contributed by atoms with Crippen LogP contribution in [0.5, 0.6) is 0 Å². The van der Waals surface area contributed by atoms with E-state index in [-0.39, 0.29) is 0 Å². The van der Waals surface area contributed by atoms with E-state index in [2.05, 4.69) is 11.1 Å². The van der Waals surface area contributed by atoms with Gasteiger partial charge in [0.1, 0.15) is 0 Å². The zero-order chi connectivity index (χ0) is 10.4. The van der Waals surface area contributed by atoms with E-state index in [9.17, 15) is 0 Å². The fourth-order valence-corrected chi connectivity index (χ4v) is 1.35. The molecule has 2 rings (SSSR count). The largest absolute Gasteiger partial charge is 0.326 e. The number of hydrogen-bond donors (Lipinski definition) is 1. The number of nitrogens with zero attached hydrogens (tertiary/aromatic N) is 1. The van der Waals surface area contributed by atoms with Crippen LogP contribution in [0.1, 0.15) is 19.4 Å². The fourth-order valence-electron chi connectivity index (χ4n) is 1.35. The molecule has 14 heavy (non-hydrogen) atoms. The molecule has 0 spiro atoms. The predicted molar refractivity (Wildman–Crippen MR) is 61.0 cm³/mol. The Kier molecular flexibility index (Phi) is 4.08. The predicted octanol–water partition coefficient (Wildman–Crippen LogP) is 2.72. The molecule has 0 unspecified atom stereocenters.